The van der Waals surface area contributed by atoms with Crippen molar-refractivity contribution in [3.8, 4) is 0 Å². The number of likely N-dealkylation sites (N-methyl/N-ethyl adjacent to an activating group) is 1. The number of fused-ring (bicyclic) bond motifs is 1. The van der Waals surface area contributed by atoms with Crippen LogP contribution in [0.2, 0.25) is 0 Å². The SMILES string of the molecule is C=NN/N=C(\N)c1cccc(C(=O)NCc2cccc(C(=O)Nc3ccc4c(c3)CN(C)CC4)c2)c1. The van der Waals surface area contributed by atoms with Crippen LogP contribution in [0.25, 0.3) is 0 Å². The lowest BCUT2D eigenvalue weighted by molar-refractivity contribution is 0.0950. The van der Waals surface area contributed by atoms with Gasteiger partial charge in [0.2, 0.25) is 0 Å². The van der Waals surface area contributed by atoms with Crippen molar-refractivity contribution in [2.24, 2.45) is 15.9 Å². The molecule has 0 radical (unpaired) electrons. The largest absolute Gasteiger partial charge is 0.382 e. The third-order valence-corrected chi connectivity index (χ3v) is 5.97. The number of anilines is 1. The number of hydrogen-bond acceptors (Lipinski definition) is 6. The summed E-state index contributed by atoms with van der Waals surface area (Å²) in [7, 11) is 2.10. The first-order valence-electron chi connectivity index (χ1n) is 11.6. The standard InChI is InChI=1S/C27H29N7O2/c1-29-33-32-25(28)20-6-4-8-22(14-20)26(35)30-16-18-5-3-7-21(13-18)27(36)31-24-10-9-19-11-12-34(2)17-23(19)15-24/h3-10,13-15,33H,1,11-12,16-17H2,2H3,(H2,28,32)(H,30,35)(H,31,36). The number of hydrogen-bond donors (Lipinski definition) is 4. The number of rotatable bonds is 8. The third kappa shape index (κ3) is 6.13. The Morgan fingerprint density at radius 1 is 0.972 bits per heavy atom. The summed E-state index contributed by atoms with van der Waals surface area (Å²) in [5.74, 6) is -0.285. The van der Waals surface area contributed by atoms with Gasteiger partial charge in [-0.15, -0.1) is 5.10 Å². The van der Waals surface area contributed by atoms with Crippen LogP contribution in [0.15, 0.2) is 76.9 Å². The maximum absolute atomic E-state index is 12.9. The minimum Gasteiger partial charge on any atom is -0.382 e. The van der Waals surface area contributed by atoms with E-state index in [9.17, 15) is 9.59 Å². The Morgan fingerprint density at radius 3 is 2.53 bits per heavy atom. The maximum atomic E-state index is 12.9. The van der Waals surface area contributed by atoms with Crippen LogP contribution in [-0.2, 0) is 19.5 Å². The van der Waals surface area contributed by atoms with Crippen LogP contribution in [0.5, 0.6) is 0 Å². The number of amidine groups is 1. The van der Waals surface area contributed by atoms with Crippen LogP contribution in [0.4, 0.5) is 5.69 Å². The molecule has 9 nitrogen and oxygen atoms in total. The minimum absolute atomic E-state index is 0.182. The number of benzene rings is 3. The molecule has 0 aliphatic carbocycles. The molecule has 184 valence electrons. The molecule has 0 aromatic heterocycles. The van der Waals surface area contributed by atoms with E-state index < -0.39 is 0 Å². The summed E-state index contributed by atoms with van der Waals surface area (Å²) in [6.07, 6.45) is 1.02. The highest BCUT2D eigenvalue weighted by molar-refractivity contribution is 6.04. The minimum atomic E-state index is -0.270. The van der Waals surface area contributed by atoms with Crippen LogP contribution >= 0.6 is 0 Å². The Balaban J connectivity index is 1.38. The zero-order valence-corrected chi connectivity index (χ0v) is 20.1. The van der Waals surface area contributed by atoms with Crippen LogP contribution in [0, 0.1) is 0 Å². The van der Waals surface area contributed by atoms with Gasteiger partial charge in [0.25, 0.3) is 11.8 Å². The fourth-order valence-corrected chi connectivity index (χ4v) is 4.06. The molecule has 1 heterocycles. The van der Waals surface area contributed by atoms with Gasteiger partial charge in [-0.2, -0.15) is 10.6 Å². The Hall–Kier alpha value is -4.50. The summed E-state index contributed by atoms with van der Waals surface area (Å²) < 4.78 is 0. The number of hydrazone groups is 2. The zero-order chi connectivity index (χ0) is 25.5. The number of carbonyl (C=O) groups is 2. The van der Waals surface area contributed by atoms with E-state index >= 15 is 0 Å². The van der Waals surface area contributed by atoms with Crippen LogP contribution in [-0.4, -0.2) is 42.9 Å². The Morgan fingerprint density at radius 2 is 1.72 bits per heavy atom. The molecule has 0 unspecified atom stereocenters. The highest BCUT2D eigenvalue weighted by Gasteiger charge is 2.15. The van der Waals surface area contributed by atoms with Gasteiger partial charge in [0.05, 0.1) is 0 Å². The smallest absolute Gasteiger partial charge is 0.255 e. The van der Waals surface area contributed by atoms with Crippen molar-refractivity contribution in [2.75, 3.05) is 18.9 Å². The molecule has 0 bridgehead atoms. The van der Waals surface area contributed by atoms with Gasteiger partial charge in [0.15, 0.2) is 5.84 Å². The molecule has 36 heavy (non-hydrogen) atoms. The molecule has 0 spiro atoms. The van der Waals surface area contributed by atoms with E-state index in [2.05, 4.69) is 51.1 Å². The summed E-state index contributed by atoms with van der Waals surface area (Å²) >= 11 is 0. The molecule has 3 aromatic carbocycles. The van der Waals surface area contributed by atoms with Crippen molar-refractivity contribution in [2.45, 2.75) is 19.5 Å². The molecular weight excluding hydrogens is 454 g/mol. The van der Waals surface area contributed by atoms with Crippen LogP contribution in [0.1, 0.15) is 43.0 Å². The molecular formula is C27H29N7O2. The highest BCUT2D eigenvalue weighted by atomic mass is 16.2. The molecule has 1 aliphatic rings. The fourth-order valence-electron chi connectivity index (χ4n) is 4.06. The maximum Gasteiger partial charge on any atom is 0.255 e. The van der Waals surface area contributed by atoms with Crippen molar-refractivity contribution >= 4 is 30.1 Å². The lowest BCUT2D eigenvalue weighted by Crippen LogP contribution is -2.26. The van der Waals surface area contributed by atoms with Gasteiger partial charge in [-0.25, -0.2) is 0 Å². The van der Waals surface area contributed by atoms with Crippen molar-refractivity contribution < 1.29 is 9.59 Å². The number of amides is 2. The van der Waals surface area contributed by atoms with Gasteiger partial charge >= 0.3 is 0 Å². The quantitative estimate of drug-likeness (QED) is 0.223. The molecule has 9 heteroatoms. The second-order valence-electron chi connectivity index (χ2n) is 8.64. The first-order valence-corrected chi connectivity index (χ1v) is 11.6. The van der Waals surface area contributed by atoms with Crippen LogP contribution < -0.4 is 21.9 Å². The number of carbonyl (C=O) groups excluding carboxylic acids is 2. The highest BCUT2D eigenvalue weighted by Crippen LogP contribution is 2.22. The molecule has 1 aliphatic heterocycles. The lowest BCUT2D eigenvalue weighted by Gasteiger charge is -2.25. The zero-order valence-electron chi connectivity index (χ0n) is 20.1. The molecule has 0 atom stereocenters. The van der Waals surface area contributed by atoms with E-state index in [1.165, 1.54) is 11.1 Å². The topological polar surface area (TPSA) is 124 Å². The molecule has 4 rings (SSSR count). The second kappa shape index (κ2) is 11.3. The van der Waals surface area contributed by atoms with Crippen LogP contribution in [0.3, 0.4) is 0 Å². The summed E-state index contributed by atoms with van der Waals surface area (Å²) in [6.45, 7) is 5.45. The Kier molecular flexibility index (Phi) is 7.72. The van der Waals surface area contributed by atoms with Gasteiger partial charge in [-0.05, 0) is 66.6 Å². The van der Waals surface area contributed by atoms with E-state index in [1.54, 1.807) is 42.5 Å². The molecule has 5 N–H and O–H groups in total. The van der Waals surface area contributed by atoms with E-state index in [-0.39, 0.29) is 24.2 Å². The normalized spacial score (nSPS) is 13.4. The Bertz CT molecular complexity index is 1320. The van der Waals surface area contributed by atoms with Crippen molar-refractivity contribution in [1.82, 2.24) is 15.8 Å². The molecule has 0 fully saturated rings. The molecule has 0 saturated carbocycles. The first kappa shape index (κ1) is 24.6. The number of nitrogens with one attached hydrogen (secondary N) is 3. The number of nitrogens with two attached hydrogens (primary N) is 1. The van der Waals surface area contributed by atoms with Gasteiger partial charge in [-0.1, -0.05) is 30.3 Å². The van der Waals surface area contributed by atoms with Gasteiger partial charge in [0.1, 0.15) is 0 Å². The predicted molar refractivity (Wildman–Crippen MR) is 142 cm³/mol. The van der Waals surface area contributed by atoms with Gasteiger partial charge in [-0.3, -0.25) is 9.59 Å². The molecule has 0 saturated heterocycles. The van der Waals surface area contributed by atoms with Crippen molar-refractivity contribution in [1.29, 1.82) is 0 Å². The number of nitrogens with zero attached hydrogens (tertiary/aromatic N) is 3. The summed E-state index contributed by atoms with van der Waals surface area (Å²) in [5, 5.41) is 13.1. The predicted octanol–water partition coefficient (Wildman–Crippen LogP) is 2.68. The van der Waals surface area contributed by atoms with E-state index in [4.69, 9.17) is 5.73 Å². The average Bonchev–Trinajstić information content (AvgIpc) is 2.90. The summed E-state index contributed by atoms with van der Waals surface area (Å²) in [4.78, 5) is 27.8. The van der Waals surface area contributed by atoms with Gasteiger partial charge in [0, 0.05) is 48.7 Å². The molecule has 3 aromatic rings. The summed E-state index contributed by atoms with van der Waals surface area (Å²) in [5.41, 5.74) is 13.9. The van der Waals surface area contributed by atoms with E-state index in [0.717, 1.165) is 30.8 Å². The van der Waals surface area contributed by atoms with Crippen molar-refractivity contribution in [3.63, 3.8) is 0 Å². The lowest BCUT2D eigenvalue weighted by atomic mass is 9.99. The fraction of sp³-hybridized carbons (Fsp3) is 0.185. The summed E-state index contributed by atoms with van der Waals surface area (Å²) in [6, 6.07) is 20.1. The Labute approximate surface area is 210 Å². The first-order chi connectivity index (χ1) is 17.4. The average molecular weight is 484 g/mol. The third-order valence-electron chi connectivity index (χ3n) is 5.97. The monoisotopic (exact) mass is 483 g/mol. The van der Waals surface area contributed by atoms with Gasteiger partial charge < -0.3 is 21.3 Å². The molecule has 2 amide bonds. The van der Waals surface area contributed by atoms with Crippen molar-refractivity contribution in [3.05, 3.63) is 100 Å². The van der Waals surface area contributed by atoms with E-state index in [1.807, 2.05) is 18.2 Å². The van der Waals surface area contributed by atoms with E-state index in [0.29, 0.717) is 16.7 Å². The second-order valence-corrected chi connectivity index (χ2v) is 8.64.